The van der Waals surface area contributed by atoms with Gasteiger partial charge in [0.2, 0.25) is 0 Å². The van der Waals surface area contributed by atoms with E-state index in [1.54, 1.807) is 13.8 Å². The van der Waals surface area contributed by atoms with Crippen molar-refractivity contribution in [3.05, 3.63) is 21.6 Å². The summed E-state index contributed by atoms with van der Waals surface area (Å²) in [5.74, 6) is -0.796. The Labute approximate surface area is 97.4 Å². The number of fused-ring (bicyclic) bond motifs is 1. The van der Waals surface area contributed by atoms with Crippen LogP contribution in [0.2, 0.25) is 0 Å². The second-order valence-corrected chi connectivity index (χ2v) is 4.69. The fourth-order valence-electron chi connectivity index (χ4n) is 1.96. The first-order valence-electron chi connectivity index (χ1n) is 4.90. The lowest BCUT2D eigenvalue weighted by Gasteiger charge is -2.29. The van der Waals surface area contributed by atoms with Crippen molar-refractivity contribution in [2.24, 2.45) is 5.11 Å². The molecule has 88 valence electrons. The molecule has 6 nitrogen and oxygen atoms in total. The highest BCUT2D eigenvalue weighted by Gasteiger charge is 2.50. The Bertz CT molecular complexity index is 378. The number of aliphatic hydroxyl groups is 1. The number of halogens is 1. The van der Waals surface area contributed by atoms with E-state index in [1.807, 2.05) is 0 Å². The molecule has 1 aliphatic carbocycles. The summed E-state index contributed by atoms with van der Waals surface area (Å²) in [4.78, 5) is 2.66. The quantitative estimate of drug-likeness (QED) is 0.433. The fourth-order valence-corrected chi connectivity index (χ4v) is 2.26. The molecule has 0 amide bonds. The van der Waals surface area contributed by atoms with Crippen LogP contribution in [-0.4, -0.2) is 35.2 Å². The number of rotatable bonds is 1. The first-order valence-corrected chi connectivity index (χ1v) is 5.27. The van der Waals surface area contributed by atoms with Gasteiger partial charge < -0.3 is 14.6 Å². The molecule has 2 aliphatic rings. The molecule has 0 aromatic rings. The Balaban J connectivity index is 2.30. The van der Waals surface area contributed by atoms with Crippen molar-refractivity contribution in [2.75, 3.05) is 0 Å². The number of aliphatic hydroxyl groups excluding tert-OH is 1. The predicted molar refractivity (Wildman–Crippen MR) is 56.7 cm³/mol. The van der Waals surface area contributed by atoms with Gasteiger partial charge in [-0.1, -0.05) is 22.8 Å². The van der Waals surface area contributed by atoms with E-state index in [4.69, 9.17) is 26.6 Å². The first-order chi connectivity index (χ1) is 7.44. The monoisotopic (exact) mass is 245 g/mol. The van der Waals surface area contributed by atoms with Gasteiger partial charge in [-0.3, -0.25) is 0 Å². The summed E-state index contributed by atoms with van der Waals surface area (Å²) in [6.45, 7) is 3.48. The van der Waals surface area contributed by atoms with E-state index in [0.29, 0.717) is 5.03 Å². The number of hydrogen-bond donors (Lipinski definition) is 1. The SMILES string of the molecule is CC1(C)O[C@@H]2[C@H](O1)C(Cl)=CC(N=[N+]=[N-])[C@H]2O. The third kappa shape index (κ3) is 1.90. The largest absolute Gasteiger partial charge is 0.390 e. The number of nitrogens with zero attached hydrogens (tertiary/aromatic N) is 3. The number of hydrogen-bond acceptors (Lipinski definition) is 4. The second-order valence-electron chi connectivity index (χ2n) is 4.26. The average Bonchev–Trinajstić information content (AvgIpc) is 2.51. The standard InChI is InChI=1S/C9H12ClN3O3/c1-9(2)15-7-4(10)3-5(12-13-11)6(14)8(7)16-9/h3,5-8,14H,1-2H3/t5?,6-,7-,8+/m1/s1. The van der Waals surface area contributed by atoms with E-state index in [-0.39, 0.29) is 0 Å². The van der Waals surface area contributed by atoms with E-state index in [2.05, 4.69) is 10.0 Å². The third-order valence-corrected chi connectivity index (χ3v) is 2.94. The van der Waals surface area contributed by atoms with Crippen LogP contribution in [0.25, 0.3) is 10.4 Å². The minimum atomic E-state index is -0.940. The van der Waals surface area contributed by atoms with Gasteiger partial charge in [-0.2, -0.15) is 0 Å². The van der Waals surface area contributed by atoms with Gasteiger partial charge in [0.15, 0.2) is 5.79 Å². The van der Waals surface area contributed by atoms with Gasteiger partial charge in [0, 0.05) is 9.94 Å². The Kier molecular flexibility index (Phi) is 2.86. The molecule has 1 unspecified atom stereocenters. The van der Waals surface area contributed by atoms with Gasteiger partial charge in [0.1, 0.15) is 12.2 Å². The van der Waals surface area contributed by atoms with Crippen LogP contribution in [0, 0.1) is 0 Å². The number of azide groups is 1. The number of ether oxygens (including phenoxy) is 2. The van der Waals surface area contributed by atoms with Crippen LogP contribution in [0.15, 0.2) is 16.2 Å². The van der Waals surface area contributed by atoms with Gasteiger partial charge in [-0.15, -0.1) is 0 Å². The molecule has 1 saturated heterocycles. The van der Waals surface area contributed by atoms with E-state index in [9.17, 15) is 5.11 Å². The maximum atomic E-state index is 9.95. The Morgan fingerprint density at radius 1 is 1.56 bits per heavy atom. The van der Waals surface area contributed by atoms with Crippen LogP contribution in [-0.2, 0) is 9.47 Å². The molecule has 0 bridgehead atoms. The lowest BCUT2D eigenvalue weighted by atomic mass is 9.95. The molecule has 1 N–H and O–H groups in total. The molecule has 7 heteroatoms. The Morgan fingerprint density at radius 2 is 2.25 bits per heavy atom. The van der Waals surface area contributed by atoms with Gasteiger partial charge in [-0.25, -0.2) is 0 Å². The van der Waals surface area contributed by atoms with Crippen LogP contribution in [0.4, 0.5) is 0 Å². The normalized spacial score (nSPS) is 40.9. The molecule has 4 atom stereocenters. The molecule has 1 fully saturated rings. The smallest absolute Gasteiger partial charge is 0.164 e. The van der Waals surface area contributed by atoms with Crippen molar-refractivity contribution in [3.8, 4) is 0 Å². The molecule has 0 aromatic heterocycles. The summed E-state index contributed by atoms with van der Waals surface area (Å²) in [6.07, 6.45) is -0.525. The Morgan fingerprint density at radius 3 is 2.88 bits per heavy atom. The maximum Gasteiger partial charge on any atom is 0.164 e. The predicted octanol–water partition coefficient (Wildman–Crippen LogP) is 1.68. The summed E-state index contributed by atoms with van der Waals surface area (Å²) in [6, 6.07) is -0.712. The average molecular weight is 246 g/mol. The van der Waals surface area contributed by atoms with Gasteiger partial charge in [-0.05, 0) is 19.4 Å². The second kappa shape index (κ2) is 3.91. The van der Waals surface area contributed by atoms with Crippen LogP contribution >= 0.6 is 11.6 Å². The van der Waals surface area contributed by atoms with Crippen LogP contribution in [0.3, 0.4) is 0 Å². The lowest BCUT2D eigenvalue weighted by Crippen LogP contribution is -2.45. The lowest BCUT2D eigenvalue weighted by molar-refractivity contribution is -0.153. The van der Waals surface area contributed by atoms with Crippen LogP contribution in [0.5, 0.6) is 0 Å². The van der Waals surface area contributed by atoms with Crippen molar-refractivity contribution >= 4 is 11.6 Å². The molecule has 2 rings (SSSR count). The van der Waals surface area contributed by atoms with Crippen molar-refractivity contribution < 1.29 is 14.6 Å². The summed E-state index contributed by atoms with van der Waals surface area (Å²) in [5, 5.41) is 13.8. The molecular weight excluding hydrogens is 234 g/mol. The van der Waals surface area contributed by atoms with Gasteiger partial charge >= 0.3 is 0 Å². The zero-order valence-corrected chi connectivity index (χ0v) is 9.63. The van der Waals surface area contributed by atoms with E-state index in [1.165, 1.54) is 6.08 Å². The zero-order valence-electron chi connectivity index (χ0n) is 8.87. The minimum absolute atomic E-state index is 0.401. The molecule has 0 spiro atoms. The van der Waals surface area contributed by atoms with E-state index < -0.39 is 30.1 Å². The maximum absolute atomic E-state index is 9.95. The van der Waals surface area contributed by atoms with Crippen molar-refractivity contribution in [2.45, 2.75) is 44.0 Å². The van der Waals surface area contributed by atoms with Crippen molar-refractivity contribution in [3.63, 3.8) is 0 Å². The molecule has 1 aliphatic heterocycles. The molecule has 0 radical (unpaired) electrons. The molecule has 1 heterocycles. The summed E-state index contributed by atoms with van der Waals surface area (Å²) in [7, 11) is 0. The van der Waals surface area contributed by atoms with Crippen molar-refractivity contribution in [1.82, 2.24) is 0 Å². The summed E-state index contributed by atoms with van der Waals surface area (Å²) >= 11 is 6.00. The minimum Gasteiger partial charge on any atom is -0.390 e. The highest BCUT2D eigenvalue weighted by Crippen LogP contribution is 2.39. The van der Waals surface area contributed by atoms with Crippen LogP contribution in [0.1, 0.15) is 13.8 Å². The first kappa shape index (κ1) is 11.7. The van der Waals surface area contributed by atoms with E-state index >= 15 is 0 Å². The van der Waals surface area contributed by atoms with Crippen molar-refractivity contribution in [1.29, 1.82) is 0 Å². The molecule has 0 aromatic carbocycles. The Hall–Kier alpha value is -0.780. The van der Waals surface area contributed by atoms with Gasteiger partial charge in [0.05, 0.1) is 12.1 Å². The topological polar surface area (TPSA) is 87.5 Å². The summed E-state index contributed by atoms with van der Waals surface area (Å²) in [5.41, 5.74) is 8.37. The molecule has 16 heavy (non-hydrogen) atoms. The van der Waals surface area contributed by atoms with Crippen LogP contribution < -0.4 is 0 Å². The molecular formula is C9H12ClN3O3. The molecule has 0 saturated carbocycles. The third-order valence-electron chi connectivity index (χ3n) is 2.60. The highest BCUT2D eigenvalue weighted by molar-refractivity contribution is 6.30. The van der Waals surface area contributed by atoms with Gasteiger partial charge in [0.25, 0.3) is 0 Å². The summed E-state index contributed by atoms with van der Waals surface area (Å²) < 4.78 is 11.1. The fraction of sp³-hybridized carbons (Fsp3) is 0.778. The highest BCUT2D eigenvalue weighted by atomic mass is 35.5. The van der Waals surface area contributed by atoms with E-state index in [0.717, 1.165) is 0 Å². The zero-order chi connectivity index (χ0) is 11.9.